The molecule has 0 aliphatic heterocycles. The summed E-state index contributed by atoms with van der Waals surface area (Å²) in [4.78, 5) is 43.5. The van der Waals surface area contributed by atoms with E-state index in [1.54, 1.807) is 7.05 Å². The van der Waals surface area contributed by atoms with Gasteiger partial charge in [-0.3, -0.25) is 14.4 Å². The number of carbonyl (C=O) groups is 3. The number of aromatic nitrogens is 1. The quantitative estimate of drug-likeness (QED) is 0.229. The van der Waals surface area contributed by atoms with Crippen LogP contribution in [0.15, 0.2) is 66.7 Å². The molecular formula is C30H30N2O4. The van der Waals surface area contributed by atoms with Gasteiger partial charge in [-0.2, -0.15) is 0 Å². The maximum absolute atomic E-state index is 13.8. The fourth-order valence-corrected chi connectivity index (χ4v) is 5.02. The lowest BCUT2D eigenvalue weighted by atomic mass is 9.96. The molecule has 1 atom stereocenters. The van der Waals surface area contributed by atoms with Gasteiger partial charge in [-0.05, 0) is 68.1 Å². The monoisotopic (exact) mass is 482 g/mol. The molecule has 1 saturated carbocycles. The number of rotatable bonds is 9. The number of hydroxylamine groups is 2. The summed E-state index contributed by atoms with van der Waals surface area (Å²) >= 11 is 0. The number of aryl methyl sites for hydroxylation is 1. The Morgan fingerprint density at radius 2 is 1.56 bits per heavy atom. The molecule has 0 amide bonds. The minimum atomic E-state index is -0.680. The number of ketones is 2. The molecule has 184 valence electrons. The predicted octanol–water partition coefficient (Wildman–Crippen LogP) is 5.61. The third-order valence-corrected chi connectivity index (χ3v) is 6.98. The summed E-state index contributed by atoms with van der Waals surface area (Å²) in [5.74, 6) is -0.257. The van der Waals surface area contributed by atoms with Crippen molar-refractivity contribution in [1.82, 2.24) is 9.63 Å². The molecule has 1 heterocycles. The van der Waals surface area contributed by atoms with E-state index in [0.717, 1.165) is 52.3 Å². The summed E-state index contributed by atoms with van der Waals surface area (Å²) < 4.78 is 2.21. The van der Waals surface area contributed by atoms with Gasteiger partial charge in [-0.1, -0.05) is 30.3 Å². The number of Topliss-reactive ketones (excluding diaryl/α,β-unsaturated/α-hetero) is 2. The number of nitrogens with zero attached hydrogens (tertiary/aromatic N) is 2. The molecule has 6 nitrogen and oxygen atoms in total. The molecule has 3 aromatic carbocycles. The van der Waals surface area contributed by atoms with E-state index in [4.69, 9.17) is 4.84 Å². The summed E-state index contributed by atoms with van der Waals surface area (Å²) in [6, 6.07) is 20.6. The average molecular weight is 483 g/mol. The van der Waals surface area contributed by atoms with Crippen LogP contribution in [-0.2, 0) is 22.6 Å². The Kier molecular flexibility index (Phi) is 6.46. The van der Waals surface area contributed by atoms with E-state index in [2.05, 4.69) is 11.5 Å². The van der Waals surface area contributed by atoms with Gasteiger partial charge in [0, 0.05) is 59.4 Å². The molecule has 6 heteroatoms. The summed E-state index contributed by atoms with van der Waals surface area (Å²) in [6.07, 6.45) is 2.33. The molecule has 1 aliphatic carbocycles. The zero-order chi connectivity index (χ0) is 25.4. The molecule has 0 spiro atoms. The lowest BCUT2D eigenvalue weighted by molar-refractivity contribution is -0.186. The number of carbonyl (C=O) groups excluding carboxylic acids is 3. The second-order valence-electron chi connectivity index (χ2n) is 9.55. The van der Waals surface area contributed by atoms with Crippen molar-refractivity contribution in [3.8, 4) is 0 Å². The normalized spacial score (nSPS) is 14.3. The molecule has 5 rings (SSSR count). The van der Waals surface area contributed by atoms with E-state index in [-0.39, 0.29) is 17.5 Å². The summed E-state index contributed by atoms with van der Waals surface area (Å²) in [6.45, 7) is 4.19. The van der Waals surface area contributed by atoms with Crippen molar-refractivity contribution in [2.45, 2.75) is 45.7 Å². The lowest BCUT2D eigenvalue weighted by Crippen LogP contribution is -2.41. The second kappa shape index (κ2) is 9.70. The molecule has 36 heavy (non-hydrogen) atoms. The SMILES string of the molecule is CCn1c2ccc(C(=O)C3CC3)cc2c2cc(C(=O)C(Cc3ccccc3)N(C)OC(C)=O)ccc21. The Bertz CT molecular complexity index is 1470. The number of benzene rings is 3. The van der Waals surface area contributed by atoms with Crippen LogP contribution in [0.4, 0.5) is 0 Å². The van der Waals surface area contributed by atoms with Crippen LogP contribution in [0.2, 0.25) is 0 Å². The molecule has 1 unspecified atom stereocenters. The Morgan fingerprint density at radius 3 is 2.14 bits per heavy atom. The van der Waals surface area contributed by atoms with Crippen molar-refractivity contribution < 1.29 is 19.2 Å². The topological polar surface area (TPSA) is 68.6 Å². The van der Waals surface area contributed by atoms with E-state index in [1.807, 2.05) is 66.7 Å². The van der Waals surface area contributed by atoms with Crippen molar-refractivity contribution in [1.29, 1.82) is 0 Å². The van der Waals surface area contributed by atoms with Gasteiger partial charge in [0.1, 0.15) is 6.04 Å². The van der Waals surface area contributed by atoms with Crippen molar-refractivity contribution in [3.63, 3.8) is 0 Å². The number of fused-ring (bicyclic) bond motifs is 3. The van der Waals surface area contributed by atoms with Gasteiger partial charge >= 0.3 is 5.97 Å². The highest BCUT2D eigenvalue weighted by Crippen LogP contribution is 2.36. The molecule has 1 aliphatic rings. The molecule has 0 saturated heterocycles. The summed E-state index contributed by atoms with van der Waals surface area (Å²) in [7, 11) is 1.62. The number of likely N-dealkylation sites (N-methyl/N-ethyl adjacent to an activating group) is 1. The molecule has 4 aromatic rings. The zero-order valence-electron chi connectivity index (χ0n) is 20.9. The first kappa shape index (κ1) is 23.9. The van der Waals surface area contributed by atoms with Gasteiger partial charge < -0.3 is 9.40 Å². The molecule has 0 bridgehead atoms. The minimum Gasteiger partial charge on any atom is -0.368 e. The largest absolute Gasteiger partial charge is 0.368 e. The van der Waals surface area contributed by atoms with Crippen LogP contribution < -0.4 is 0 Å². The van der Waals surface area contributed by atoms with Crippen LogP contribution in [0.3, 0.4) is 0 Å². The Morgan fingerprint density at radius 1 is 0.944 bits per heavy atom. The summed E-state index contributed by atoms with van der Waals surface area (Å²) in [5, 5.41) is 3.27. The van der Waals surface area contributed by atoms with E-state index in [1.165, 1.54) is 12.0 Å². The first-order valence-corrected chi connectivity index (χ1v) is 12.5. The standard InChI is InChI=1S/C30H30N2O4/c1-4-32-26-14-12-22(29(34)21-10-11-21)17-24(26)25-18-23(13-15-27(25)32)30(35)28(31(3)36-19(2)33)16-20-8-6-5-7-9-20/h5-9,12-15,17-18,21,28H,4,10-11,16H2,1-3H3. The van der Waals surface area contributed by atoms with E-state index < -0.39 is 12.0 Å². The zero-order valence-corrected chi connectivity index (χ0v) is 20.9. The minimum absolute atomic E-state index is 0.132. The number of hydrogen-bond acceptors (Lipinski definition) is 5. The van der Waals surface area contributed by atoms with Gasteiger partial charge in [0.15, 0.2) is 11.6 Å². The Hall–Kier alpha value is -3.77. The third-order valence-electron chi connectivity index (χ3n) is 6.98. The molecule has 0 N–H and O–H groups in total. The van der Waals surface area contributed by atoms with Crippen molar-refractivity contribution in [3.05, 3.63) is 83.4 Å². The van der Waals surface area contributed by atoms with E-state index in [0.29, 0.717) is 12.0 Å². The van der Waals surface area contributed by atoms with Gasteiger partial charge in [0.25, 0.3) is 0 Å². The maximum atomic E-state index is 13.8. The Labute approximate surface area is 210 Å². The van der Waals surface area contributed by atoms with Crippen molar-refractivity contribution in [2.75, 3.05) is 7.05 Å². The van der Waals surface area contributed by atoms with Gasteiger partial charge in [0.2, 0.25) is 0 Å². The first-order valence-electron chi connectivity index (χ1n) is 12.5. The van der Waals surface area contributed by atoms with Gasteiger partial charge in [0.05, 0.1) is 0 Å². The molecular weight excluding hydrogens is 452 g/mol. The van der Waals surface area contributed by atoms with Crippen molar-refractivity contribution >= 4 is 39.3 Å². The van der Waals surface area contributed by atoms with Crippen LogP contribution in [-0.4, -0.2) is 40.3 Å². The Balaban J connectivity index is 1.58. The average Bonchev–Trinajstić information content (AvgIpc) is 3.68. The third kappa shape index (κ3) is 4.56. The first-order chi connectivity index (χ1) is 17.4. The van der Waals surface area contributed by atoms with Crippen LogP contribution in [0.5, 0.6) is 0 Å². The number of hydrogen-bond donors (Lipinski definition) is 0. The maximum Gasteiger partial charge on any atom is 0.322 e. The predicted molar refractivity (Wildman–Crippen MR) is 140 cm³/mol. The molecule has 1 fully saturated rings. The van der Waals surface area contributed by atoms with Crippen LogP contribution >= 0.6 is 0 Å². The summed E-state index contributed by atoms with van der Waals surface area (Å²) in [5.41, 5.74) is 4.31. The fraction of sp³-hybridized carbons (Fsp3) is 0.300. The molecule has 1 aromatic heterocycles. The van der Waals surface area contributed by atoms with Gasteiger partial charge in [-0.15, -0.1) is 5.06 Å². The fourth-order valence-electron chi connectivity index (χ4n) is 5.02. The highest BCUT2D eigenvalue weighted by atomic mass is 16.7. The van der Waals surface area contributed by atoms with Crippen LogP contribution in [0, 0.1) is 5.92 Å². The lowest BCUT2D eigenvalue weighted by Gasteiger charge is -2.25. The second-order valence-corrected chi connectivity index (χ2v) is 9.55. The van der Waals surface area contributed by atoms with Crippen molar-refractivity contribution in [2.24, 2.45) is 5.92 Å². The highest BCUT2D eigenvalue weighted by Gasteiger charge is 2.31. The smallest absolute Gasteiger partial charge is 0.322 e. The van der Waals surface area contributed by atoms with Crippen LogP contribution in [0.1, 0.15) is 53.0 Å². The van der Waals surface area contributed by atoms with E-state index >= 15 is 0 Å². The van der Waals surface area contributed by atoms with E-state index in [9.17, 15) is 14.4 Å². The highest BCUT2D eigenvalue weighted by molar-refractivity contribution is 6.14. The van der Waals surface area contributed by atoms with Crippen LogP contribution in [0.25, 0.3) is 21.8 Å². The van der Waals surface area contributed by atoms with Gasteiger partial charge in [-0.25, -0.2) is 0 Å². The molecule has 0 radical (unpaired) electrons.